The predicted octanol–water partition coefficient (Wildman–Crippen LogP) is 0.118. The van der Waals surface area contributed by atoms with Gasteiger partial charge in [0.05, 0.1) is 0 Å². The Bertz CT molecular complexity index is 26.3. The van der Waals surface area contributed by atoms with Crippen molar-refractivity contribution in [3.8, 4) is 0 Å². The van der Waals surface area contributed by atoms with Gasteiger partial charge in [0.25, 0.3) is 0 Å². The Kier molecular flexibility index (Phi) is 3.20. The maximum Gasteiger partial charge on any atom is 0.519 e. The minimum absolute atomic E-state index is 0. The summed E-state index contributed by atoms with van der Waals surface area (Å²) >= 11 is 0. The summed E-state index contributed by atoms with van der Waals surface area (Å²) in [5, 5.41) is 6.52. The Morgan fingerprint density at radius 1 is 1.17 bits per heavy atom. The molecule has 1 N–H and O–H groups in total. The van der Waals surface area contributed by atoms with Crippen molar-refractivity contribution in [2.45, 2.75) is 6.36 Å². The molecule has 0 rings (SSSR count). The van der Waals surface area contributed by atoms with Gasteiger partial charge in [-0.1, -0.05) is 0 Å². The zero-order chi connectivity index (χ0) is 4.50. The molecule has 0 bridgehead atoms. The van der Waals surface area contributed by atoms with Crippen molar-refractivity contribution in [3.63, 3.8) is 0 Å². The van der Waals surface area contributed by atoms with Crippen LogP contribution in [-0.2, 0) is 0 Å². The van der Waals surface area contributed by atoms with Crippen LogP contribution in [0.15, 0.2) is 0 Å². The molecule has 0 aliphatic rings. The number of aliphatic hydroxyl groups is 1. The SMILES string of the molecule is OC(F)(F)F.[B]. The van der Waals surface area contributed by atoms with Crippen LogP contribution in [-0.4, -0.2) is 19.9 Å². The number of alkyl halides is 3. The summed E-state index contributed by atoms with van der Waals surface area (Å²) in [4.78, 5) is 0. The van der Waals surface area contributed by atoms with Crippen LogP contribution in [0.25, 0.3) is 0 Å². The maximum atomic E-state index is 9.91. The van der Waals surface area contributed by atoms with E-state index < -0.39 is 6.36 Å². The van der Waals surface area contributed by atoms with Gasteiger partial charge in [-0.25, -0.2) is 0 Å². The molecule has 0 spiro atoms. The fraction of sp³-hybridized carbons (Fsp3) is 1.00. The highest BCUT2D eigenvalue weighted by Gasteiger charge is 2.20. The van der Waals surface area contributed by atoms with Gasteiger partial charge in [-0.3, -0.25) is 0 Å². The van der Waals surface area contributed by atoms with E-state index in [0.29, 0.717) is 0 Å². The van der Waals surface area contributed by atoms with E-state index in [1.54, 1.807) is 0 Å². The third-order valence-corrected chi connectivity index (χ3v) is 0. The first-order valence-electron chi connectivity index (χ1n) is 0.791. The number of halogens is 3. The number of hydrogen-bond acceptors (Lipinski definition) is 1. The molecule has 0 aliphatic heterocycles. The van der Waals surface area contributed by atoms with Crippen LogP contribution in [0.3, 0.4) is 0 Å². The predicted molar refractivity (Wildman–Crippen MR) is 14.0 cm³/mol. The third kappa shape index (κ3) is 883. The van der Waals surface area contributed by atoms with Gasteiger partial charge in [0.15, 0.2) is 0 Å². The van der Waals surface area contributed by atoms with E-state index in [2.05, 4.69) is 0 Å². The molecule has 0 heterocycles. The van der Waals surface area contributed by atoms with E-state index in [1.807, 2.05) is 0 Å². The van der Waals surface area contributed by atoms with Crippen LogP contribution in [0.5, 0.6) is 0 Å². The summed E-state index contributed by atoms with van der Waals surface area (Å²) in [5.74, 6) is 0. The second-order valence-electron chi connectivity index (χ2n) is 0.468. The van der Waals surface area contributed by atoms with E-state index in [1.165, 1.54) is 0 Å². The largest absolute Gasteiger partial charge is 0.519 e. The van der Waals surface area contributed by atoms with Crippen molar-refractivity contribution in [1.29, 1.82) is 0 Å². The molecule has 0 saturated heterocycles. The summed E-state index contributed by atoms with van der Waals surface area (Å²) in [7, 11) is 0. The first kappa shape index (κ1) is 9.26. The van der Waals surface area contributed by atoms with Gasteiger partial charge in [-0.15, -0.1) is 13.2 Å². The lowest BCUT2D eigenvalue weighted by atomic mass is 10.8. The minimum Gasteiger partial charge on any atom is -0.308 e. The van der Waals surface area contributed by atoms with Crippen LogP contribution in [0.1, 0.15) is 0 Å². The van der Waals surface area contributed by atoms with Gasteiger partial charge in [0.2, 0.25) is 0 Å². The summed E-state index contributed by atoms with van der Waals surface area (Å²) in [6.45, 7) is 0. The standard InChI is InChI=1S/CHF3O.B/c2-1(3,4)5;/h5H;. The Morgan fingerprint density at radius 2 is 1.17 bits per heavy atom. The van der Waals surface area contributed by atoms with Crippen molar-refractivity contribution in [3.05, 3.63) is 0 Å². The van der Waals surface area contributed by atoms with Crippen LogP contribution in [0, 0.1) is 0 Å². The molecular weight excluding hydrogens is 95.8 g/mol. The van der Waals surface area contributed by atoms with Gasteiger partial charge in [0.1, 0.15) is 0 Å². The highest BCUT2D eigenvalue weighted by Crippen LogP contribution is 2.06. The monoisotopic (exact) mass is 97.0 g/mol. The van der Waals surface area contributed by atoms with Gasteiger partial charge in [-0.05, 0) is 0 Å². The second-order valence-corrected chi connectivity index (χ2v) is 0.468. The number of hydrogen-bond donors (Lipinski definition) is 1. The van der Waals surface area contributed by atoms with Crippen molar-refractivity contribution < 1.29 is 18.3 Å². The first-order valence-corrected chi connectivity index (χ1v) is 0.791. The molecule has 0 aromatic heterocycles. The van der Waals surface area contributed by atoms with Crippen LogP contribution in [0.4, 0.5) is 13.2 Å². The number of rotatable bonds is 0. The molecule has 0 aliphatic carbocycles. The smallest absolute Gasteiger partial charge is 0.308 e. The third-order valence-electron chi connectivity index (χ3n) is 0. The molecule has 0 aromatic carbocycles. The molecule has 35 valence electrons. The normalized spacial score (nSPS) is 10.0. The van der Waals surface area contributed by atoms with Crippen LogP contribution in [0.2, 0.25) is 0 Å². The fourth-order valence-electron chi connectivity index (χ4n) is 0. The van der Waals surface area contributed by atoms with Crippen molar-refractivity contribution in [1.82, 2.24) is 0 Å². The quantitative estimate of drug-likeness (QED) is 0.425. The summed E-state index contributed by atoms with van der Waals surface area (Å²) in [6.07, 6.45) is -5.00. The lowest BCUT2D eigenvalue weighted by molar-refractivity contribution is -0.295. The minimum atomic E-state index is -5.00. The van der Waals surface area contributed by atoms with Crippen molar-refractivity contribution >= 4 is 8.41 Å². The summed E-state index contributed by atoms with van der Waals surface area (Å²) in [5.41, 5.74) is 0. The lowest BCUT2D eigenvalue weighted by Gasteiger charge is -1.86. The summed E-state index contributed by atoms with van der Waals surface area (Å²) < 4.78 is 29.7. The topological polar surface area (TPSA) is 20.2 Å². The lowest BCUT2D eigenvalue weighted by Crippen LogP contribution is -2.01. The fourth-order valence-corrected chi connectivity index (χ4v) is 0. The van der Waals surface area contributed by atoms with Crippen molar-refractivity contribution in [2.75, 3.05) is 0 Å². The zero-order valence-corrected chi connectivity index (χ0v) is 2.66. The first-order chi connectivity index (χ1) is 2.00. The molecule has 0 saturated carbocycles. The van der Waals surface area contributed by atoms with E-state index in [9.17, 15) is 13.2 Å². The molecule has 0 aromatic rings. The Balaban J connectivity index is 0. The second kappa shape index (κ2) is 2.07. The van der Waals surface area contributed by atoms with Crippen molar-refractivity contribution in [2.24, 2.45) is 0 Å². The Morgan fingerprint density at radius 3 is 1.17 bits per heavy atom. The average molecular weight is 96.8 g/mol. The highest BCUT2D eigenvalue weighted by molar-refractivity contribution is 5.75. The van der Waals surface area contributed by atoms with Gasteiger partial charge in [0, 0.05) is 8.41 Å². The molecule has 0 fully saturated rings. The Hall–Kier alpha value is -0.185. The zero-order valence-electron chi connectivity index (χ0n) is 2.66. The van der Waals surface area contributed by atoms with Gasteiger partial charge >= 0.3 is 6.36 Å². The van der Waals surface area contributed by atoms with E-state index >= 15 is 0 Å². The molecule has 5 heteroatoms. The van der Waals surface area contributed by atoms with Crippen LogP contribution < -0.4 is 0 Å². The molecule has 6 heavy (non-hydrogen) atoms. The van der Waals surface area contributed by atoms with E-state index in [0.717, 1.165) is 0 Å². The van der Waals surface area contributed by atoms with Gasteiger partial charge < -0.3 is 5.11 Å². The highest BCUT2D eigenvalue weighted by atomic mass is 19.4. The summed E-state index contributed by atoms with van der Waals surface area (Å²) in [6, 6.07) is 0. The van der Waals surface area contributed by atoms with E-state index in [-0.39, 0.29) is 8.41 Å². The maximum absolute atomic E-state index is 9.91. The van der Waals surface area contributed by atoms with E-state index in [4.69, 9.17) is 5.11 Å². The van der Waals surface area contributed by atoms with Gasteiger partial charge in [-0.2, -0.15) is 0 Å². The molecule has 1 nitrogen and oxygen atoms in total. The Labute approximate surface area is 34.4 Å². The molecule has 0 amide bonds. The molecular formula is CHBF3O. The molecule has 3 radical (unpaired) electrons. The van der Waals surface area contributed by atoms with Crippen LogP contribution >= 0.6 is 0 Å². The molecule has 0 unspecified atom stereocenters. The molecule has 0 atom stereocenters. The average Bonchev–Trinajstić information content (AvgIpc) is 0.722.